The topological polar surface area (TPSA) is 101 Å². The summed E-state index contributed by atoms with van der Waals surface area (Å²) in [5.74, 6) is 1.05. The number of fused-ring (bicyclic) bond motifs is 2. The summed E-state index contributed by atoms with van der Waals surface area (Å²) >= 11 is 12.8. The van der Waals surface area contributed by atoms with E-state index in [2.05, 4.69) is 20.6 Å². The molecule has 1 aliphatic heterocycles. The number of nitrogens with zero attached hydrogens (tertiary/aromatic N) is 3. The highest BCUT2D eigenvalue weighted by molar-refractivity contribution is 6.32. The van der Waals surface area contributed by atoms with Crippen LogP contribution in [0.5, 0.6) is 5.75 Å². The van der Waals surface area contributed by atoms with Gasteiger partial charge >= 0.3 is 0 Å². The Morgan fingerprint density at radius 1 is 1.18 bits per heavy atom. The van der Waals surface area contributed by atoms with Crippen molar-refractivity contribution in [3.63, 3.8) is 0 Å². The summed E-state index contributed by atoms with van der Waals surface area (Å²) in [6, 6.07) is 12.8. The quantitative estimate of drug-likeness (QED) is 0.356. The molecule has 8 nitrogen and oxygen atoms in total. The van der Waals surface area contributed by atoms with E-state index >= 15 is 0 Å². The molecule has 2 aromatic carbocycles. The van der Waals surface area contributed by atoms with Crippen molar-refractivity contribution in [3.8, 4) is 5.75 Å². The van der Waals surface area contributed by atoms with Gasteiger partial charge in [-0.2, -0.15) is 0 Å². The van der Waals surface area contributed by atoms with Gasteiger partial charge in [0, 0.05) is 24.0 Å². The van der Waals surface area contributed by atoms with Crippen LogP contribution in [0.3, 0.4) is 0 Å². The smallest absolute Gasteiger partial charge is 0.228 e. The van der Waals surface area contributed by atoms with Crippen LogP contribution < -0.4 is 15.4 Å². The highest BCUT2D eigenvalue weighted by atomic mass is 35.5. The van der Waals surface area contributed by atoms with Crippen LogP contribution in [0.15, 0.2) is 48.8 Å². The molecular formula is C23H19Cl2N5O3. The molecule has 168 valence electrons. The maximum absolute atomic E-state index is 11.7. The second kappa shape index (κ2) is 8.90. The van der Waals surface area contributed by atoms with Crippen LogP contribution in [-0.2, 0) is 24.4 Å². The number of hydrogen-bond donors (Lipinski definition) is 3. The lowest BCUT2D eigenvalue weighted by Gasteiger charge is -2.13. The molecule has 5 rings (SSSR count). The number of aromatic nitrogens is 3. The SMILES string of the molecule is O=C1Cc2c(COc3ccc(Nc4ncnc5cc(Cl)n(CCO)c45)cc3Cl)cccc2N1. The number of carbonyl (C=O) groups excluding carboxylic acids is 1. The molecule has 0 unspecified atom stereocenters. The van der Waals surface area contributed by atoms with Crippen LogP contribution in [-0.4, -0.2) is 32.2 Å². The van der Waals surface area contributed by atoms with E-state index in [1.807, 2.05) is 24.3 Å². The van der Waals surface area contributed by atoms with Gasteiger partial charge in [0.25, 0.3) is 0 Å². The second-order valence-electron chi connectivity index (χ2n) is 7.53. The van der Waals surface area contributed by atoms with Crippen LogP contribution in [0, 0.1) is 0 Å². The molecule has 1 aliphatic rings. The average molecular weight is 484 g/mol. The largest absolute Gasteiger partial charge is 0.487 e. The van der Waals surface area contributed by atoms with Gasteiger partial charge in [0.05, 0.1) is 23.6 Å². The fourth-order valence-electron chi connectivity index (χ4n) is 3.91. The van der Waals surface area contributed by atoms with Crippen LogP contribution in [0.2, 0.25) is 10.2 Å². The molecule has 2 aromatic heterocycles. The van der Waals surface area contributed by atoms with Crippen molar-refractivity contribution >= 4 is 57.3 Å². The van der Waals surface area contributed by atoms with Gasteiger partial charge in [-0.15, -0.1) is 0 Å². The Morgan fingerprint density at radius 2 is 2.06 bits per heavy atom. The van der Waals surface area contributed by atoms with Gasteiger partial charge in [-0.3, -0.25) is 4.79 Å². The molecule has 0 atom stereocenters. The van der Waals surface area contributed by atoms with Crippen LogP contribution >= 0.6 is 23.2 Å². The van der Waals surface area contributed by atoms with Crippen molar-refractivity contribution in [2.45, 2.75) is 19.6 Å². The lowest BCUT2D eigenvalue weighted by atomic mass is 10.1. The summed E-state index contributed by atoms with van der Waals surface area (Å²) in [6.45, 7) is 0.553. The van der Waals surface area contributed by atoms with E-state index in [0.717, 1.165) is 16.8 Å². The maximum atomic E-state index is 11.7. The zero-order valence-corrected chi connectivity index (χ0v) is 18.8. The van der Waals surface area contributed by atoms with Gasteiger partial charge in [-0.05, 0) is 35.4 Å². The molecule has 1 amide bonds. The van der Waals surface area contributed by atoms with E-state index in [0.29, 0.717) is 58.0 Å². The molecule has 3 heterocycles. The standard InChI is InChI=1S/C23H19Cl2N5O3/c24-16-8-14(28-23-22-18(26-12-27-23)10-20(25)30(22)6-7-31)4-5-19(16)33-11-13-2-1-3-17-15(13)9-21(32)29-17/h1-5,8,10,12,31H,6-7,9,11H2,(H,29,32)(H,26,27,28). The highest BCUT2D eigenvalue weighted by Crippen LogP contribution is 2.33. The molecule has 0 fully saturated rings. The molecular weight excluding hydrogens is 465 g/mol. The lowest BCUT2D eigenvalue weighted by Crippen LogP contribution is -2.05. The van der Waals surface area contributed by atoms with Crippen LogP contribution in [0.4, 0.5) is 17.2 Å². The van der Waals surface area contributed by atoms with Crippen molar-refractivity contribution in [1.82, 2.24) is 14.5 Å². The Balaban J connectivity index is 1.35. The van der Waals surface area contributed by atoms with Crippen LogP contribution in [0.25, 0.3) is 11.0 Å². The Hall–Kier alpha value is -3.33. The maximum Gasteiger partial charge on any atom is 0.228 e. The van der Waals surface area contributed by atoms with E-state index in [1.54, 1.807) is 22.8 Å². The van der Waals surface area contributed by atoms with Crippen molar-refractivity contribution in [2.24, 2.45) is 0 Å². The first kappa shape index (κ1) is 21.5. The first-order chi connectivity index (χ1) is 16.0. The Kier molecular flexibility index (Phi) is 5.80. The van der Waals surface area contributed by atoms with E-state index in [1.165, 1.54) is 6.33 Å². The fourth-order valence-corrected chi connectivity index (χ4v) is 4.42. The number of nitrogens with one attached hydrogen (secondary N) is 2. The number of amides is 1. The zero-order chi connectivity index (χ0) is 22.9. The van der Waals surface area contributed by atoms with E-state index < -0.39 is 0 Å². The summed E-state index contributed by atoms with van der Waals surface area (Å²) in [5.41, 5.74) is 4.78. The van der Waals surface area contributed by atoms with Gasteiger partial charge in [0.15, 0.2) is 5.82 Å². The first-order valence-electron chi connectivity index (χ1n) is 10.2. The van der Waals surface area contributed by atoms with Gasteiger partial charge in [0.2, 0.25) is 5.91 Å². The van der Waals surface area contributed by atoms with E-state index in [4.69, 9.17) is 27.9 Å². The molecule has 0 saturated carbocycles. The lowest BCUT2D eigenvalue weighted by molar-refractivity contribution is -0.115. The number of anilines is 3. The van der Waals surface area contributed by atoms with E-state index in [9.17, 15) is 9.90 Å². The number of benzene rings is 2. The molecule has 0 spiro atoms. The monoisotopic (exact) mass is 483 g/mol. The third-order valence-electron chi connectivity index (χ3n) is 5.42. The van der Waals surface area contributed by atoms with E-state index in [-0.39, 0.29) is 12.5 Å². The summed E-state index contributed by atoms with van der Waals surface area (Å²) < 4.78 is 7.69. The average Bonchev–Trinajstić information content (AvgIpc) is 3.33. The summed E-state index contributed by atoms with van der Waals surface area (Å²) in [7, 11) is 0. The molecule has 0 radical (unpaired) electrons. The minimum Gasteiger partial charge on any atom is -0.487 e. The zero-order valence-electron chi connectivity index (χ0n) is 17.3. The Labute approximate surface area is 199 Å². The molecule has 0 bridgehead atoms. The number of hydrogen-bond acceptors (Lipinski definition) is 6. The number of ether oxygens (including phenoxy) is 1. The third-order valence-corrected chi connectivity index (χ3v) is 6.03. The van der Waals surface area contributed by atoms with Crippen molar-refractivity contribution < 1.29 is 14.6 Å². The van der Waals surface area contributed by atoms with Crippen LogP contribution in [0.1, 0.15) is 11.1 Å². The minimum atomic E-state index is -0.0649. The number of rotatable bonds is 7. The molecule has 10 heteroatoms. The van der Waals surface area contributed by atoms with Gasteiger partial charge in [0.1, 0.15) is 29.4 Å². The Bertz CT molecular complexity index is 1370. The fraction of sp³-hybridized carbons (Fsp3) is 0.174. The summed E-state index contributed by atoms with van der Waals surface area (Å²) in [5, 5.41) is 16.4. The van der Waals surface area contributed by atoms with Crippen molar-refractivity contribution in [3.05, 3.63) is 70.1 Å². The molecule has 0 saturated heterocycles. The van der Waals surface area contributed by atoms with Crippen molar-refractivity contribution in [1.29, 1.82) is 0 Å². The van der Waals surface area contributed by atoms with Gasteiger partial charge in [-0.25, -0.2) is 9.97 Å². The summed E-state index contributed by atoms with van der Waals surface area (Å²) in [4.78, 5) is 20.3. The number of carbonyl (C=O) groups is 1. The number of aliphatic hydroxyl groups excluding tert-OH is 1. The molecule has 3 N–H and O–H groups in total. The molecule has 33 heavy (non-hydrogen) atoms. The normalized spacial score (nSPS) is 12.6. The summed E-state index contributed by atoms with van der Waals surface area (Å²) in [6.07, 6.45) is 1.79. The van der Waals surface area contributed by atoms with Gasteiger partial charge in [-0.1, -0.05) is 35.3 Å². The van der Waals surface area contributed by atoms with Gasteiger partial charge < -0.3 is 25.0 Å². The number of halogens is 2. The minimum absolute atomic E-state index is 0.0174. The third kappa shape index (κ3) is 4.20. The second-order valence-corrected chi connectivity index (χ2v) is 8.32. The first-order valence-corrected chi connectivity index (χ1v) is 11.0. The number of aliphatic hydroxyl groups is 1. The van der Waals surface area contributed by atoms with Crippen molar-refractivity contribution in [2.75, 3.05) is 17.2 Å². The highest BCUT2D eigenvalue weighted by Gasteiger charge is 2.20. The molecule has 4 aromatic rings. The Morgan fingerprint density at radius 3 is 2.88 bits per heavy atom. The predicted molar refractivity (Wildman–Crippen MR) is 127 cm³/mol. The predicted octanol–water partition coefficient (Wildman–Crippen LogP) is 4.55. The molecule has 0 aliphatic carbocycles.